The van der Waals surface area contributed by atoms with Crippen molar-refractivity contribution in [2.75, 3.05) is 5.73 Å². The molecule has 2 N–H and O–H groups in total. The van der Waals surface area contributed by atoms with Gasteiger partial charge in [0.05, 0.1) is 17.4 Å². The van der Waals surface area contributed by atoms with Crippen molar-refractivity contribution < 1.29 is 4.74 Å². The minimum absolute atomic E-state index is 0.494. The topological polar surface area (TPSA) is 73.9 Å². The van der Waals surface area contributed by atoms with Crippen LogP contribution in [-0.2, 0) is 6.61 Å². The number of benzene rings is 2. The lowest BCUT2D eigenvalue weighted by Crippen LogP contribution is -1.96. The SMILES string of the molecule is Nc1cnnc2cc(-c3ccccc3OCc3cnsc3)ccc12. The third kappa shape index (κ3) is 2.79. The van der Waals surface area contributed by atoms with E-state index < -0.39 is 0 Å². The van der Waals surface area contributed by atoms with Crippen molar-refractivity contribution in [3.8, 4) is 16.9 Å². The molecule has 0 saturated carbocycles. The van der Waals surface area contributed by atoms with Crippen LogP contribution in [0.15, 0.2) is 60.2 Å². The summed E-state index contributed by atoms with van der Waals surface area (Å²) < 4.78 is 10.1. The molecule has 0 aliphatic rings. The average Bonchev–Trinajstić information content (AvgIpc) is 3.14. The number of nitrogens with zero attached hydrogens (tertiary/aromatic N) is 3. The molecule has 0 saturated heterocycles. The lowest BCUT2D eigenvalue weighted by molar-refractivity contribution is 0.308. The second-order valence-corrected chi connectivity index (χ2v) is 6.01. The molecule has 5 nitrogen and oxygen atoms in total. The number of rotatable bonds is 4. The van der Waals surface area contributed by atoms with Crippen LogP contribution >= 0.6 is 11.5 Å². The molecule has 2 aromatic carbocycles. The largest absolute Gasteiger partial charge is 0.488 e. The summed E-state index contributed by atoms with van der Waals surface area (Å²) in [7, 11) is 0. The summed E-state index contributed by atoms with van der Waals surface area (Å²) in [6, 6.07) is 13.9. The predicted molar refractivity (Wildman–Crippen MR) is 95.8 cm³/mol. The average molecular weight is 334 g/mol. The summed E-state index contributed by atoms with van der Waals surface area (Å²) in [5.41, 5.74) is 10.4. The molecule has 4 rings (SSSR count). The number of anilines is 1. The predicted octanol–water partition coefficient (Wildman–Crippen LogP) is 3.91. The molecular formula is C18H14N4OS. The standard InChI is InChI=1S/C18H14N4OS/c19-16-9-20-22-17-7-13(5-6-15(16)17)14-3-1-2-4-18(14)23-10-12-8-21-24-11-12/h1-9,11H,10H2,(H2,19,22). The van der Waals surface area contributed by atoms with E-state index in [1.807, 2.05) is 54.0 Å². The number of fused-ring (bicyclic) bond motifs is 1. The third-order valence-corrected chi connectivity index (χ3v) is 4.38. The van der Waals surface area contributed by atoms with Crippen molar-refractivity contribution in [1.29, 1.82) is 0 Å². The van der Waals surface area contributed by atoms with Crippen LogP contribution in [0.25, 0.3) is 22.0 Å². The van der Waals surface area contributed by atoms with Gasteiger partial charge in [0.2, 0.25) is 0 Å². The van der Waals surface area contributed by atoms with Gasteiger partial charge in [0.25, 0.3) is 0 Å². The van der Waals surface area contributed by atoms with Crippen LogP contribution < -0.4 is 10.5 Å². The van der Waals surface area contributed by atoms with Crippen molar-refractivity contribution in [3.05, 3.63) is 65.8 Å². The first-order valence-corrected chi connectivity index (χ1v) is 8.26. The zero-order valence-electron chi connectivity index (χ0n) is 12.7. The molecule has 0 unspecified atom stereocenters. The monoisotopic (exact) mass is 334 g/mol. The molecule has 0 radical (unpaired) electrons. The molecule has 118 valence electrons. The minimum atomic E-state index is 0.494. The second kappa shape index (κ2) is 6.25. The zero-order valence-corrected chi connectivity index (χ0v) is 13.5. The number of hydrogen-bond donors (Lipinski definition) is 1. The van der Waals surface area contributed by atoms with Crippen molar-refractivity contribution >= 4 is 28.1 Å². The van der Waals surface area contributed by atoms with Gasteiger partial charge in [0, 0.05) is 28.1 Å². The van der Waals surface area contributed by atoms with Gasteiger partial charge in [-0.05, 0) is 35.3 Å². The second-order valence-electron chi connectivity index (χ2n) is 5.35. The van der Waals surface area contributed by atoms with Gasteiger partial charge in [0.1, 0.15) is 12.4 Å². The Morgan fingerprint density at radius 2 is 2.00 bits per heavy atom. The molecule has 0 fully saturated rings. The molecule has 2 aromatic heterocycles. The van der Waals surface area contributed by atoms with Gasteiger partial charge in [-0.3, -0.25) is 0 Å². The lowest BCUT2D eigenvalue weighted by atomic mass is 10.0. The Morgan fingerprint density at radius 3 is 2.88 bits per heavy atom. The van der Waals surface area contributed by atoms with E-state index in [2.05, 4.69) is 14.6 Å². The van der Waals surface area contributed by atoms with E-state index in [0.717, 1.165) is 33.3 Å². The number of aromatic nitrogens is 3. The summed E-state index contributed by atoms with van der Waals surface area (Å²) in [6.07, 6.45) is 3.38. The number of nitrogen functional groups attached to an aromatic ring is 1. The first-order valence-electron chi connectivity index (χ1n) is 7.42. The number of ether oxygens (including phenoxy) is 1. The van der Waals surface area contributed by atoms with Crippen LogP contribution in [0.4, 0.5) is 5.69 Å². The van der Waals surface area contributed by atoms with Gasteiger partial charge in [-0.1, -0.05) is 24.3 Å². The molecule has 0 aliphatic carbocycles. The Hall–Kier alpha value is -2.99. The van der Waals surface area contributed by atoms with E-state index in [4.69, 9.17) is 10.5 Å². The van der Waals surface area contributed by atoms with E-state index in [1.54, 1.807) is 6.20 Å². The molecule has 2 heterocycles. The summed E-state index contributed by atoms with van der Waals surface area (Å²) in [4.78, 5) is 0. The highest BCUT2D eigenvalue weighted by atomic mass is 32.1. The Morgan fingerprint density at radius 1 is 1.08 bits per heavy atom. The minimum Gasteiger partial charge on any atom is -0.488 e. The molecule has 0 atom stereocenters. The first kappa shape index (κ1) is 14.6. The molecule has 0 aliphatic heterocycles. The summed E-state index contributed by atoms with van der Waals surface area (Å²) >= 11 is 1.42. The smallest absolute Gasteiger partial charge is 0.127 e. The first-order chi connectivity index (χ1) is 11.8. The van der Waals surface area contributed by atoms with Crippen LogP contribution in [-0.4, -0.2) is 14.6 Å². The van der Waals surface area contributed by atoms with Crippen molar-refractivity contribution in [1.82, 2.24) is 14.6 Å². The molecule has 24 heavy (non-hydrogen) atoms. The van der Waals surface area contributed by atoms with Gasteiger partial charge in [-0.15, -0.1) is 0 Å². The highest BCUT2D eigenvalue weighted by molar-refractivity contribution is 7.03. The summed E-state index contributed by atoms with van der Waals surface area (Å²) in [5, 5.41) is 11.0. The molecule has 0 amide bonds. The Balaban J connectivity index is 1.71. The summed E-state index contributed by atoms with van der Waals surface area (Å²) in [5.74, 6) is 0.819. The fourth-order valence-electron chi connectivity index (χ4n) is 2.54. The fourth-order valence-corrected chi connectivity index (χ4v) is 3.06. The zero-order chi connectivity index (χ0) is 16.4. The van der Waals surface area contributed by atoms with Gasteiger partial charge in [-0.25, -0.2) is 4.37 Å². The summed E-state index contributed by atoms with van der Waals surface area (Å²) in [6.45, 7) is 0.494. The number of nitrogens with two attached hydrogens (primary N) is 1. The lowest BCUT2D eigenvalue weighted by Gasteiger charge is -2.11. The van der Waals surface area contributed by atoms with E-state index >= 15 is 0 Å². The Kier molecular flexibility index (Phi) is 3.80. The van der Waals surface area contributed by atoms with Gasteiger partial charge < -0.3 is 10.5 Å². The molecular weight excluding hydrogens is 320 g/mol. The van der Waals surface area contributed by atoms with E-state index in [9.17, 15) is 0 Å². The molecule has 0 spiro atoms. The van der Waals surface area contributed by atoms with E-state index in [-0.39, 0.29) is 0 Å². The van der Waals surface area contributed by atoms with Crippen molar-refractivity contribution in [3.63, 3.8) is 0 Å². The highest BCUT2D eigenvalue weighted by Crippen LogP contribution is 2.32. The van der Waals surface area contributed by atoms with Crippen LogP contribution in [0.5, 0.6) is 5.75 Å². The quantitative estimate of drug-likeness (QED) is 0.612. The Labute approximate surface area is 142 Å². The third-order valence-electron chi connectivity index (χ3n) is 3.75. The van der Waals surface area contributed by atoms with E-state index in [1.165, 1.54) is 11.5 Å². The molecule has 6 heteroatoms. The maximum absolute atomic E-state index is 5.98. The van der Waals surface area contributed by atoms with Crippen molar-refractivity contribution in [2.24, 2.45) is 0 Å². The highest BCUT2D eigenvalue weighted by Gasteiger charge is 2.09. The van der Waals surface area contributed by atoms with Gasteiger partial charge >= 0.3 is 0 Å². The van der Waals surface area contributed by atoms with Crippen molar-refractivity contribution in [2.45, 2.75) is 6.61 Å². The maximum atomic E-state index is 5.98. The normalized spacial score (nSPS) is 10.8. The van der Waals surface area contributed by atoms with Crippen LogP contribution in [0.1, 0.15) is 5.56 Å². The Bertz CT molecular complexity index is 985. The molecule has 4 aromatic rings. The fraction of sp³-hybridized carbons (Fsp3) is 0.0556. The number of para-hydroxylation sites is 1. The van der Waals surface area contributed by atoms with Gasteiger partial charge in [0.15, 0.2) is 0 Å². The number of hydrogen-bond acceptors (Lipinski definition) is 6. The van der Waals surface area contributed by atoms with Gasteiger partial charge in [-0.2, -0.15) is 10.2 Å². The maximum Gasteiger partial charge on any atom is 0.127 e. The van der Waals surface area contributed by atoms with Crippen LogP contribution in [0.2, 0.25) is 0 Å². The van der Waals surface area contributed by atoms with Crippen LogP contribution in [0, 0.1) is 0 Å². The van der Waals surface area contributed by atoms with E-state index in [0.29, 0.717) is 12.3 Å². The van der Waals surface area contributed by atoms with Crippen LogP contribution in [0.3, 0.4) is 0 Å². The molecule has 0 bridgehead atoms.